The second kappa shape index (κ2) is 11.4. The fourth-order valence-corrected chi connectivity index (χ4v) is 10.3. The van der Waals surface area contributed by atoms with Crippen LogP contribution in [-0.4, -0.2) is 4.57 Å². The number of nitrogens with zero attached hydrogens (tertiary/aromatic N) is 1. The number of fused-ring (bicyclic) bond motifs is 9. The van der Waals surface area contributed by atoms with Crippen molar-refractivity contribution in [3.05, 3.63) is 187 Å². The van der Waals surface area contributed by atoms with E-state index in [2.05, 4.69) is 194 Å². The molecule has 1 aliphatic rings. The highest BCUT2D eigenvalue weighted by molar-refractivity contribution is 7.26. The molecule has 1 aliphatic carbocycles. The van der Waals surface area contributed by atoms with Crippen molar-refractivity contribution in [1.29, 1.82) is 0 Å². The van der Waals surface area contributed by atoms with Gasteiger partial charge in [-0.3, -0.25) is 0 Å². The van der Waals surface area contributed by atoms with Gasteiger partial charge in [0.15, 0.2) is 0 Å². The first kappa shape index (κ1) is 30.4. The van der Waals surface area contributed by atoms with Crippen LogP contribution in [0.2, 0.25) is 0 Å². The van der Waals surface area contributed by atoms with Crippen LogP contribution in [0.4, 0.5) is 0 Å². The van der Waals surface area contributed by atoms with Crippen LogP contribution in [0.25, 0.3) is 92.2 Å². The molecule has 10 aromatic rings. The third kappa shape index (κ3) is 4.49. The molecule has 8 aromatic carbocycles. The van der Waals surface area contributed by atoms with Crippen molar-refractivity contribution in [2.45, 2.75) is 19.3 Å². The summed E-state index contributed by atoms with van der Waals surface area (Å²) in [5.74, 6) is 0. The zero-order valence-corrected chi connectivity index (χ0v) is 30.4. The number of hydrogen-bond acceptors (Lipinski definition) is 1. The first-order valence-corrected chi connectivity index (χ1v) is 19.2. The summed E-state index contributed by atoms with van der Waals surface area (Å²) >= 11 is 1.89. The SMILES string of the molecule is CC1(C)c2ccccc2-c2ccc(-c3ccccc3-c3ccc4c(c3)c3ccccc3n4-c3cccc(-c4cccc5c4sc4ccccc45)c3)cc21. The Labute approximate surface area is 313 Å². The second-order valence-electron chi connectivity index (χ2n) is 14.9. The van der Waals surface area contributed by atoms with Crippen LogP contribution in [0.15, 0.2) is 176 Å². The maximum absolute atomic E-state index is 2.44. The molecule has 11 rings (SSSR count). The molecule has 0 atom stereocenters. The molecule has 0 fully saturated rings. The average molecular weight is 694 g/mol. The van der Waals surface area contributed by atoms with Crippen LogP contribution >= 0.6 is 11.3 Å². The fourth-order valence-electron chi connectivity index (χ4n) is 9.06. The number of benzene rings is 8. The van der Waals surface area contributed by atoms with E-state index in [-0.39, 0.29) is 5.41 Å². The van der Waals surface area contributed by atoms with Crippen LogP contribution in [0.5, 0.6) is 0 Å². The van der Waals surface area contributed by atoms with E-state index < -0.39 is 0 Å². The van der Waals surface area contributed by atoms with E-state index in [1.54, 1.807) is 0 Å². The molecule has 1 nitrogen and oxygen atoms in total. The van der Waals surface area contributed by atoms with Gasteiger partial charge in [-0.1, -0.05) is 147 Å². The Morgan fingerprint density at radius 1 is 0.396 bits per heavy atom. The minimum absolute atomic E-state index is 0.0423. The van der Waals surface area contributed by atoms with Crippen molar-refractivity contribution in [2.75, 3.05) is 0 Å². The van der Waals surface area contributed by atoms with Gasteiger partial charge < -0.3 is 4.57 Å². The minimum Gasteiger partial charge on any atom is -0.309 e. The lowest BCUT2D eigenvalue weighted by Crippen LogP contribution is -2.14. The summed E-state index contributed by atoms with van der Waals surface area (Å²) < 4.78 is 5.11. The van der Waals surface area contributed by atoms with Crippen LogP contribution < -0.4 is 0 Å². The predicted molar refractivity (Wildman–Crippen MR) is 228 cm³/mol. The van der Waals surface area contributed by atoms with Crippen LogP contribution in [0.1, 0.15) is 25.0 Å². The molecule has 0 bridgehead atoms. The van der Waals surface area contributed by atoms with Crippen molar-refractivity contribution in [2.24, 2.45) is 0 Å². The van der Waals surface area contributed by atoms with E-state index >= 15 is 0 Å². The molecule has 0 unspecified atom stereocenters. The number of hydrogen-bond donors (Lipinski definition) is 0. The molecule has 0 N–H and O–H groups in total. The molecule has 250 valence electrons. The van der Waals surface area contributed by atoms with Gasteiger partial charge in [-0.05, 0) is 98.1 Å². The molecule has 0 aliphatic heterocycles. The van der Waals surface area contributed by atoms with E-state index in [1.807, 2.05) is 11.3 Å². The lowest BCUT2D eigenvalue weighted by atomic mass is 9.81. The molecule has 53 heavy (non-hydrogen) atoms. The highest BCUT2D eigenvalue weighted by Crippen LogP contribution is 2.50. The van der Waals surface area contributed by atoms with Crippen LogP contribution in [0, 0.1) is 0 Å². The Bertz CT molecular complexity index is 3100. The van der Waals surface area contributed by atoms with Gasteiger partial charge >= 0.3 is 0 Å². The summed E-state index contributed by atoms with van der Waals surface area (Å²) in [5, 5.41) is 5.18. The van der Waals surface area contributed by atoms with E-state index in [0.29, 0.717) is 0 Å². The quantitative estimate of drug-likeness (QED) is 0.173. The van der Waals surface area contributed by atoms with Gasteiger partial charge in [-0.25, -0.2) is 0 Å². The van der Waals surface area contributed by atoms with Gasteiger partial charge in [0.05, 0.1) is 11.0 Å². The van der Waals surface area contributed by atoms with Gasteiger partial charge in [0.25, 0.3) is 0 Å². The largest absolute Gasteiger partial charge is 0.309 e. The van der Waals surface area contributed by atoms with Crippen LogP contribution in [0.3, 0.4) is 0 Å². The van der Waals surface area contributed by atoms with Gasteiger partial charge in [-0.2, -0.15) is 0 Å². The van der Waals surface area contributed by atoms with Crippen LogP contribution in [-0.2, 0) is 5.41 Å². The highest BCUT2D eigenvalue weighted by Gasteiger charge is 2.35. The number of aromatic nitrogens is 1. The van der Waals surface area contributed by atoms with E-state index in [0.717, 1.165) is 0 Å². The summed E-state index contributed by atoms with van der Waals surface area (Å²) in [6.45, 7) is 4.72. The summed E-state index contributed by atoms with van der Waals surface area (Å²) in [6, 6.07) is 65.3. The standard InChI is InChI=1S/C51H35NS/c1-51(2)45-22-8-5-17-39(45)40-27-25-34(31-46(40)51)37-16-4-3-15-36(37)33-26-28-48-44(30-33)41-18-6-9-23-47(41)52(48)35-14-11-13-32(29-35)38-20-12-21-43-42-19-7-10-24-49(42)53-50(38)43/h3-31H,1-2H3. The number of para-hydroxylation sites is 1. The monoisotopic (exact) mass is 693 g/mol. The summed E-state index contributed by atoms with van der Waals surface area (Å²) in [5.41, 5.74) is 16.6. The maximum atomic E-state index is 2.44. The summed E-state index contributed by atoms with van der Waals surface area (Å²) in [6.07, 6.45) is 0. The maximum Gasteiger partial charge on any atom is 0.0541 e. The zero-order chi connectivity index (χ0) is 35.3. The third-order valence-electron chi connectivity index (χ3n) is 11.6. The Morgan fingerprint density at radius 3 is 1.87 bits per heavy atom. The highest BCUT2D eigenvalue weighted by atomic mass is 32.1. The topological polar surface area (TPSA) is 4.93 Å². The van der Waals surface area contributed by atoms with Crippen molar-refractivity contribution in [3.8, 4) is 50.2 Å². The summed E-state index contributed by atoms with van der Waals surface area (Å²) in [7, 11) is 0. The van der Waals surface area contributed by atoms with Crippen molar-refractivity contribution in [1.82, 2.24) is 4.57 Å². The number of rotatable bonds is 4. The smallest absolute Gasteiger partial charge is 0.0541 e. The second-order valence-corrected chi connectivity index (χ2v) is 15.9. The van der Waals surface area contributed by atoms with Crippen molar-refractivity contribution < 1.29 is 0 Å². The molecule has 0 spiro atoms. The van der Waals surface area contributed by atoms with Gasteiger partial charge in [0.2, 0.25) is 0 Å². The average Bonchev–Trinajstić information content (AvgIpc) is 3.83. The van der Waals surface area contributed by atoms with Crippen molar-refractivity contribution in [3.63, 3.8) is 0 Å². The fraction of sp³-hybridized carbons (Fsp3) is 0.0588. The Hall–Kier alpha value is -6.22. The zero-order valence-electron chi connectivity index (χ0n) is 29.6. The molecule has 2 aromatic heterocycles. The van der Waals surface area contributed by atoms with Gasteiger partial charge in [0.1, 0.15) is 0 Å². The first-order valence-electron chi connectivity index (χ1n) is 18.4. The number of thiophene rings is 1. The molecule has 0 amide bonds. The Kier molecular flexibility index (Phi) is 6.53. The molecular weight excluding hydrogens is 659 g/mol. The van der Waals surface area contributed by atoms with Gasteiger partial charge in [0, 0.05) is 42.0 Å². The lowest BCUT2D eigenvalue weighted by molar-refractivity contribution is 0.660. The van der Waals surface area contributed by atoms with E-state index in [4.69, 9.17) is 0 Å². The first-order chi connectivity index (χ1) is 26.0. The lowest BCUT2D eigenvalue weighted by Gasteiger charge is -2.22. The normalized spacial score (nSPS) is 13.2. The third-order valence-corrected chi connectivity index (χ3v) is 12.8. The molecular formula is C51H35NS. The minimum atomic E-state index is -0.0423. The van der Waals surface area contributed by atoms with E-state index in [9.17, 15) is 0 Å². The molecule has 0 saturated carbocycles. The molecule has 0 radical (unpaired) electrons. The molecule has 2 heterocycles. The van der Waals surface area contributed by atoms with Crippen molar-refractivity contribution >= 4 is 53.3 Å². The Morgan fingerprint density at radius 2 is 1.00 bits per heavy atom. The predicted octanol–water partition coefficient (Wildman–Crippen LogP) is 14.5. The molecule has 2 heteroatoms. The van der Waals surface area contributed by atoms with Gasteiger partial charge in [-0.15, -0.1) is 11.3 Å². The van der Waals surface area contributed by atoms with E-state index in [1.165, 1.54) is 103 Å². The molecule has 0 saturated heterocycles. The Balaban J connectivity index is 1.05. The summed E-state index contributed by atoms with van der Waals surface area (Å²) in [4.78, 5) is 0.